The van der Waals surface area contributed by atoms with Crippen LogP contribution in [0.3, 0.4) is 0 Å². The first-order valence-electron chi connectivity index (χ1n) is 4.59. The molecule has 1 heterocycles. The van der Waals surface area contributed by atoms with Crippen molar-refractivity contribution in [3.8, 4) is 0 Å². The van der Waals surface area contributed by atoms with Gasteiger partial charge in [-0.15, -0.1) is 11.8 Å². The van der Waals surface area contributed by atoms with Crippen LogP contribution in [0.4, 0.5) is 0 Å². The molecule has 0 unspecified atom stereocenters. The number of carbonyl (C=O) groups is 1. The highest BCUT2D eigenvalue weighted by Crippen LogP contribution is 2.42. The van der Waals surface area contributed by atoms with E-state index in [1.807, 2.05) is 13.8 Å². The maximum atomic E-state index is 12.1. The molecular formula is C11H10Cl2OS. The maximum Gasteiger partial charge on any atom is 0.178 e. The van der Waals surface area contributed by atoms with Crippen molar-refractivity contribution >= 4 is 40.7 Å². The minimum atomic E-state index is -0.357. The van der Waals surface area contributed by atoms with Crippen molar-refractivity contribution in [3.63, 3.8) is 0 Å². The van der Waals surface area contributed by atoms with E-state index in [4.69, 9.17) is 23.2 Å². The lowest BCUT2D eigenvalue weighted by Gasteiger charge is -2.29. The quantitative estimate of drug-likeness (QED) is 0.696. The summed E-state index contributed by atoms with van der Waals surface area (Å²) in [4.78, 5) is 12.1. The zero-order chi connectivity index (χ0) is 11.2. The molecule has 1 nitrogen and oxygen atoms in total. The van der Waals surface area contributed by atoms with Gasteiger partial charge in [0.25, 0.3) is 0 Å². The summed E-state index contributed by atoms with van der Waals surface area (Å²) in [7, 11) is 0. The van der Waals surface area contributed by atoms with Crippen LogP contribution in [0.5, 0.6) is 0 Å². The molecule has 0 N–H and O–H groups in total. The van der Waals surface area contributed by atoms with Crippen molar-refractivity contribution in [1.29, 1.82) is 0 Å². The van der Waals surface area contributed by atoms with Crippen LogP contribution < -0.4 is 0 Å². The summed E-state index contributed by atoms with van der Waals surface area (Å²) in [6, 6.07) is 3.46. The van der Waals surface area contributed by atoms with Crippen LogP contribution in [-0.2, 0) is 5.75 Å². The number of fused-ring (bicyclic) bond motifs is 1. The van der Waals surface area contributed by atoms with Crippen LogP contribution in [0.15, 0.2) is 12.1 Å². The summed E-state index contributed by atoms with van der Waals surface area (Å²) in [6.45, 7) is 3.87. The van der Waals surface area contributed by atoms with Crippen LogP contribution in [0.25, 0.3) is 0 Å². The summed E-state index contributed by atoms with van der Waals surface area (Å²) in [5, 5.41) is 1.04. The molecule has 1 aromatic rings. The smallest absolute Gasteiger partial charge is 0.178 e. The van der Waals surface area contributed by atoms with E-state index >= 15 is 0 Å². The van der Waals surface area contributed by atoms with Gasteiger partial charge in [-0.2, -0.15) is 0 Å². The molecule has 80 valence electrons. The molecule has 1 aromatic carbocycles. The number of hydrogen-bond donors (Lipinski definition) is 0. The first-order valence-corrected chi connectivity index (χ1v) is 6.33. The van der Waals surface area contributed by atoms with E-state index in [0.717, 1.165) is 11.3 Å². The van der Waals surface area contributed by atoms with E-state index in [9.17, 15) is 4.79 Å². The van der Waals surface area contributed by atoms with E-state index in [-0.39, 0.29) is 10.5 Å². The standard InChI is InChI=1S/C11H10Cl2OS/c1-11(2)10(14)6-3-4-8(12)9(13)7(6)5-15-11/h3-4H,5H2,1-2H3. The molecule has 0 saturated carbocycles. The zero-order valence-electron chi connectivity index (χ0n) is 8.43. The molecule has 0 aliphatic carbocycles. The first-order chi connectivity index (χ1) is 6.93. The SMILES string of the molecule is CC1(C)SCc2c(ccc(Cl)c2Cl)C1=O. The van der Waals surface area contributed by atoms with Gasteiger partial charge >= 0.3 is 0 Å². The minimum Gasteiger partial charge on any atom is -0.293 e. The lowest BCUT2D eigenvalue weighted by atomic mass is 9.95. The number of Topliss-reactive ketones (excluding diaryl/α,β-unsaturated/α-hetero) is 1. The van der Waals surface area contributed by atoms with Crippen molar-refractivity contribution in [3.05, 3.63) is 33.3 Å². The molecule has 0 saturated heterocycles. The molecule has 1 aliphatic rings. The Kier molecular flexibility index (Phi) is 2.78. The highest BCUT2D eigenvalue weighted by Gasteiger charge is 2.36. The van der Waals surface area contributed by atoms with Crippen molar-refractivity contribution in [2.24, 2.45) is 0 Å². The third-order valence-electron chi connectivity index (χ3n) is 2.56. The Morgan fingerprint density at radius 1 is 1.33 bits per heavy atom. The monoisotopic (exact) mass is 260 g/mol. The number of benzene rings is 1. The van der Waals surface area contributed by atoms with Gasteiger partial charge in [0, 0.05) is 11.3 Å². The lowest BCUT2D eigenvalue weighted by molar-refractivity contribution is 0.0955. The number of hydrogen-bond acceptors (Lipinski definition) is 2. The van der Waals surface area contributed by atoms with Crippen LogP contribution in [0.1, 0.15) is 29.8 Å². The highest BCUT2D eigenvalue weighted by molar-refractivity contribution is 8.00. The molecule has 15 heavy (non-hydrogen) atoms. The lowest BCUT2D eigenvalue weighted by Crippen LogP contribution is -2.32. The van der Waals surface area contributed by atoms with Gasteiger partial charge in [-0.25, -0.2) is 0 Å². The topological polar surface area (TPSA) is 17.1 Å². The Hall–Kier alpha value is -0.180. The molecule has 0 atom stereocenters. The van der Waals surface area contributed by atoms with Gasteiger partial charge in [0.15, 0.2) is 5.78 Å². The van der Waals surface area contributed by atoms with Gasteiger partial charge in [-0.3, -0.25) is 4.79 Å². The number of carbonyl (C=O) groups excluding carboxylic acids is 1. The number of thioether (sulfide) groups is 1. The number of ketones is 1. The van der Waals surface area contributed by atoms with E-state index in [0.29, 0.717) is 15.6 Å². The fourth-order valence-corrected chi connectivity index (χ4v) is 3.12. The predicted molar refractivity (Wildman–Crippen MR) is 66.2 cm³/mol. The Balaban J connectivity index is 2.61. The second kappa shape index (κ2) is 3.69. The summed E-state index contributed by atoms with van der Waals surface area (Å²) < 4.78 is -0.357. The zero-order valence-corrected chi connectivity index (χ0v) is 10.8. The van der Waals surface area contributed by atoms with Gasteiger partial charge < -0.3 is 0 Å². The van der Waals surface area contributed by atoms with Gasteiger partial charge in [0.1, 0.15) is 0 Å². The largest absolute Gasteiger partial charge is 0.293 e. The Bertz CT molecular complexity index is 440. The molecule has 0 radical (unpaired) electrons. The summed E-state index contributed by atoms with van der Waals surface area (Å²) in [5.74, 6) is 0.875. The molecular weight excluding hydrogens is 251 g/mol. The molecule has 0 amide bonds. The number of rotatable bonds is 0. The Morgan fingerprint density at radius 3 is 2.67 bits per heavy atom. The van der Waals surface area contributed by atoms with Crippen LogP contribution in [0.2, 0.25) is 10.0 Å². The normalized spacial score (nSPS) is 18.8. The van der Waals surface area contributed by atoms with Gasteiger partial charge in [-0.1, -0.05) is 23.2 Å². The summed E-state index contributed by atoms with van der Waals surface area (Å²) >= 11 is 13.6. The van der Waals surface area contributed by atoms with Crippen molar-refractivity contribution in [2.45, 2.75) is 24.3 Å². The van der Waals surface area contributed by atoms with Crippen LogP contribution in [0, 0.1) is 0 Å². The molecule has 0 fully saturated rings. The minimum absolute atomic E-state index is 0.132. The molecule has 0 aromatic heterocycles. The van der Waals surface area contributed by atoms with Gasteiger partial charge in [-0.05, 0) is 31.5 Å². The van der Waals surface area contributed by atoms with Gasteiger partial charge in [0.05, 0.1) is 14.8 Å². The predicted octanol–water partition coefficient (Wildman–Crippen LogP) is 4.20. The Morgan fingerprint density at radius 2 is 2.00 bits per heavy atom. The third-order valence-corrected chi connectivity index (χ3v) is 4.75. The van der Waals surface area contributed by atoms with Crippen LogP contribution in [-0.4, -0.2) is 10.5 Å². The summed E-state index contributed by atoms with van der Waals surface area (Å²) in [6.07, 6.45) is 0. The average Bonchev–Trinajstić information content (AvgIpc) is 2.17. The molecule has 1 aliphatic heterocycles. The first kappa shape index (κ1) is 11.3. The van der Waals surface area contributed by atoms with Crippen molar-refractivity contribution in [1.82, 2.24) is 0 Å². The Labute approximate surface area is 103 Å². The van der Waals surface area contributed by atoms with Crippen molar-refractivity contribution in [2.75, 3.05) is 0 Å². The summed E-state index contributed by atoms with van der Waals surface area (Å²) in [5.41, 5.74) is 1.59. The third kappa shape index (κ3) is 1.79. The molecule has 0 spiro atoms. The van der Waals surface area contributed by atoms with E-state index in [2.05, 4.69) is 0 Å². The molecule has 2 rings (SSSR count). The average molecular weight is 261 g/mol. The second-order valence-electron chi connectivity index (χ2n) is 4.02. The fourth-order valence-electron chi connectivity index (χ4n) is 1.59. The fraction of sp³-hybridized carbons (Fsp3) is 0.364. The maximum absolute atomic E-state index is 12.1. The number of halogens is 2. The van der Waals surface area contributed by atoms with E-state index in [1.54, 1.807) is 23.9 Å². The highest BCUT2D eigenvalue weighted by atomic mass is 35.5. The second-order valence-corrected chi connectivity index (χ2v) is 6.40. The van der Waals surface area contributed by atoms with E-state index in [1.165, 1.54) is 0 Å². The molecule has 0 bridgehead atoms. The van der Waals surface area contributed by atoms with Crippen LogP contribution >= 0.6 is 35.0 Å². The van der Waals surface area contributed by atoms with E-state index < -0.39 is 0 Å². The van der Waals surface area contributed by atoms with Crippen molar-refractivity contribution < 1.29 is 4.79 Å². The molecule has 4 heteroatoms. The van der Waals surface area contributed by atoms with Gasteiger partial charge in [0.2, 0.25) is 0 Å².